The van der Waals surface area contributed by atoms with Gasteiger partial charge in [0.15, 0.2) is 0 Å². The standard InChI is InChI=1S/C8H11N3O4/c1-11(2-3-12)7(14)5-4-6(13)10-8(15)9-5/h4,12H,2-3H2,1H3,(H2,9,10,13,15). The summed E-state index contributed by atoms with van der Waals surface area (Å²) in [6, 6.07) is 0.998. The number of carbonyl (C=O) groups excluding carboxylic acids is 1. The van der Waals surface area contributed by atoms with Crippen LogP contribution in [-0.4, -0.2) is 46.1 Å². The van der Waals surface area contributed by atoms with Crippen LogP contribution in [0.3, 0.4) is 0 Å². The molecule has 1 rings (SSSR count). The number of carbonyl (C=O) groups is 1. The highest BCUT2D eigenvalue weighted by Crippen LogP contribution is 1.93. The fraction of sp³-hybridized carbons (Fsp3) is 0.375. The first-order valence-corrected chi connectivity index (χ1v) is 4.24. The van der Waals surface area contributed by atoms with Gasteiger partial charge in [0.05, 0.1) is 6.61 Å². The van der Waals surface area contributed by atoms with Gasteiger partial charge in [0, 0.05) is 19.7 Å². The van der Waals surface area contributed by atoms with E-state index in [4.69, 9.17) is 5.11 Å². The Balaban J connectivity index is 3.01. The highest BCUT2D eigenvalue weighted by molar-refractivity contribution is 5.91. The summed E-state index contributed by atoms with van der Waals surface area (Å²) < 4.78 is 0. The summed E-state index contributed by atoms with van der Waals surface area (Å²) in [7, 11) is 1.46. The number of hydrogen-bond acceptors (Lipinski definition) is 4. The molecule has 82 valence electrons. The van der Waals surface area contributed by atoms with Crippen LogP contribution in [-0.2, 0) is 0 Å². The van der Waals surface area contributed by atoms with E-state index in [2.05, 4.69) is 4.98 Å². The number of rotatable bonds is 3. The summed E-state index contributed by atoms with van der Waals surface area (Å²) in [5.41, 5.74) is -1.47. The highest BCUT2D eigenvalue weighted by Gasteiger charge is 2.12. The summed E-state index contributed by atoms with van der Waals surface area (Å²) in [6.45, 7) is -0.0523. The molecular weight excluding hydrogens is 202 g/mol. The number of aromatic amines is 2. The molecule has 3 N–H and O–H groups in total. The van der Waals surface area contributed by atoms with Crippen molar-refractivity contribution in [3.05, 3.63) is 32.6 Å². The molecule has 0 aliphatic rings. The minimum absolute atomic E-state index is 0.0975. The molecule has 0 saturated carbocycles. The van der Waals surface area contributed by atoms with Gasteiger partial charge >= 0.3 is 5.69 Å². The van der Waals surface area contributed by atoms with Crippen molar-refractivity contribution in [3.63, 3.8) is 0 Å². The van der Waals surface area contributed by atoms with E-state index in [1.807, 2.05) is 4.98 Å². The predicted octanol–water partition coefficient (Wildman–Crippen LogP) is -1.87. The van der Waals surface area contributed by atoms with Crippen molar-refractivity contribution in [2.75, 3.05) is 20.2 Å². The average Bonchev–Trinajstić information content (AvgIpc) is 2.15. The van der Waals surface area contributed by atoms with Gasteiger partial charge in [-0.3, -0.25) is 14.6 Å². The normalized spacial score (nSPS) is 10.0. The second-order valence-electron chi connectivity index (χ2n) is 2.95. The van der Waals surface area contributed by atoms with Crippen LogP contribution in [0.5, 0.6) is 0 Å². The fourth-order valence-corrected chi connectivity index (χ4v) is 1.04. The first-order valence-electron chi connectivity index (χ1n) is 4.24. The molecule has 1 aromatic rings. The molecule has 1 aromatic heterocycles. The molecule has 1 heterocycles. The molecule has 0 aliphatic carbocycles. The monoisotopic (exact) mass is 213 g/mol. The Morgan fingerprint density at radius 1 is 1.47 bits per heavy atom. The number of aliphatic hydroxyl groups excluding tert-OH is 1. The lowest BCUT2D eigenvalue weighted by atomic mass is 10.3. The van der Waals surface area contributed by atoms with Gasteiger partial charge in [-0.2, -0.15) is 0 Å². The van der Waals surface area contributed by atoms with Crippen LogP contribution in [0.25, 0.3) is 0 Å². The maximum Gasteiger partial charge on any atom is 0.326 e. The van der Waals surface area contributed by atoms with Crippen molar-refractivity contribution in [3.8, 4) is 0 Å². The zero-order valence-electron chi connectivity index (χ0n) is 8.11. The molecule has 0 bridgehead atoms. The zero-order valence-corrected chi connectivity index (χ0v) is 8.11. The fourth-order valence-electron chi connectivity index (χ4n) is 1.04. The van der Waals surface area contributed by atoms with Crippen LogP contribution in [0, 0.1) is 0 Å². The second kappa shape index (κ2) is 4.56. The first kappa shape index (κ1) is 11.2. The van der Waals surface area contributed by atoms with Crippen LogP contribution in [0.2, 0.25) is 0 Å². The van der Waals surface area contributed by atoms with Crippen molar-refractivity contribution in [1.82, 2.24) is 14.9 Å². The maximum absolute atomic E-state index is 11.5. The Bertz CT molecular complexity index is 433. The molecule has 0 saturated heterocycles. The first-order chi connectivity index (χ1) is 7.04. The predicted molar refractivity (Wildman–Crippen MR) is 51.7 cm³/mol. The summed E-state index contributed by atoms with van der Waals surface area (Å²) in [5.74, 6) is -0.521. The van der Waals surface area contributed by atoms with Gasteiger partial charge in [-0.25, -0.2) is 4.79 Å². The van der Waals surface area contributed by atoms with Gasteiger partial charge in [-0.15, -0.1) is 0 Å². The number of nitrogens with zero attached hydrogens (tertiary/aromatic N) is 1. The largest absolute Gasteiger partial charge is 0.395 e. The van der Waals surface area contributed by atoms with Crippen molar-refractivity contribution in [2.45, 2.75) is 0 Å². The Morgan fingerprint density at radius 2 is 2.13 bits per heavy atom. The van der Waals surface area contributed by atoms with Gasteiger partial charge < -0.3 is 15.0 Å². The number of hydrogen-bond donors (Lipinski definition) is 3. The quantitative estimate of drug-likeness (QED) is 0.546. The van der Waals surface area contributed by atoms with Crippen molar-refractivity contribution < 1.29 is 9.90 Å². The summed E-state index contributed by atoms with van der Waals surface area (Å²) >= 11 is 0. The molecule has 0 radical (unpaired) electrons. The lowest BCUT2D eigenvalue weighted by Gasteiger charge is -2.14. The van der Waals surface area contributed by atoms with Crippen LogP contribution in [0.15, 0.2) is 15.7 Å². The molecule has 0 aliphatic heterocycles. The second-order valence-corrected chi connectivity index (χ2v) is 2.95. The van der Waals surface area contributed by atoms with E-state index in [0.717, 1.165) is 6.07 Å². The topological polar surface area (TPSA) is 106 Å². The van der Waals surface area contributed by atoms with Gasteiger partial charge in [-0.05, 0) is 0 Å². The van der Waals surface area contributed by atoms with Crippen LogP contribution < -0.4 is 11.2 Å². The molecule has 7 nitrogen and oxygen atoms in total. The molecule has 0 spiro atoms. The van der Waals surface area contributed by atoms with Crippen LogP contribution in [0.1, 0.15) is 10.5 Å². The van der Waals surface area contributed by atoms with E-state index in [1.165, 1.54) is 11.9 Å². The minimum atomic E-state index is -0.733. The minimum Gasteiger partial charge on any atom is -0.395 e. The number of nitrogens with one attached hydrogen (secondary N) is 2. The van der Waals surface area contributed by atoms with E-state index in [-0.39, 0.29) is 18.8 Å². The summed E-state index contributed by atoms with van der Waals surface area (Å²) in [5, 5.41) is 8.61. The molecule has 0 unspecified atom stereocenters. The lowest BCUT2D eigenvalue weighted by molar-refractivity contribution is 0.0760. The Hall–Kier alpha value is -1.89. The Kier molecular flexibility index (Phi) is 3.40. The number of likely N-dealkylation sites (N-methyl/N-ethyl adjacent to an activating group) is 1. The van der Waals surface area contributed by atoms with Crippen LogP contribution in [0.4, 0.5) is 0 Å². The smallest absolute Gasteiger partial charge is 0.326 e. The lowest BCUT2D eigenvalue weighted by Crippen LogP contribution is -2.33. The third-order valence-corrected chi connectivity index (χ3v) is 1.77. The molecule has 15 heavy (non-hydrogen) atoms. The van der Waals surface area contributed by atoms with Crippen molar-refractivity contribution >= 4 is 5.91 Å². The molecule has 7 heteroatoms. The van der Waals surface area contributed by atoms with E-state index in [1.54, 1.807) is 0 Å². The zero-order chi connectivity index (χ0) is 11.4. The van der Waals surface area contributed by atoms with Gasteiger partial charge in [0.2, 0.25) is 0 Å². The molecule has 0 aromatic carbocycles. The van der Waals surface area contributed by atoms with Crippen LogP contribution >= 0.6 is 0 Å². The van der Waals surface area contributed by atoms with E-state index in [9.17, 15) is 14.4 Å². The van der Waals surface area contributed by atoms with Gasteiger partial charge in [-0.1, -0.05) is 0 Å². The number of aromatic nitrogens is 2. The van der Waals surface area contributed by atoms with Crippen molar-refractivity contribution in [2.24, 2.45) is 0 Å². The third-order valence-electron chi connectivity index (χ3n) is 1.77. The number of amides is 1. The Morgan fingerprint density at radius 3 is 2.67 bits per heavy atom. The van der Waals surface area contributed by atoms with Gasteiger partial charge in [0.1, 0.15) is 5.69 Å². The summed E-state index contributed by atoms with van der Waals surface area (Å²) in [4.78, 5) is 38.6. The van der Waals surface area contributed by atoms with Gasteiger partial charge in [0.25, 0.3) is 11.5 Å². The van der Waals surface area contributed by atoms with Crippen molar-refractivity contribution in [1.29, 1.82) is 0 Å². The van der Waals surface area contributed by atoms with E-state index in [0.29, 0.717) is 0 Å². The van der Waals surface area contributed by atoms with E-state index >= 15 is 0 Å². The Labute approximate surface area is 84.4 Å². The maximum atomic E-state index is 11.5. The van der Waals surface area contributed by atoms with E-state index < -0.39 is 17.2 Å². The average molecular weight is 213 g/mol. The summed E-state index contributed by atoms with van der Waals surface area (Å²) in [6.07, 6.45) is 0. The number of H-pyrrole nitrogens is 2. The molecule has 0 fully saturated rings. The third kappa shape index (κ3) is 2.78. The highest BCUT2D eigenvalue weighted by atomic mass is 16.3. The molecular formula is C8H11N3O4. The molecule has 0 atom stereocenters. The number of aliphatic hydroxyl groups is 1. The SMILES string of the molecule is CN(CCO)C(=O)c1cc(=O)[nH]c(=O)[nH]1. The molecule has 1 amide bonds.